The summed E-state index contributed by atoms with van der Waals surface area (Å²) in [6.45, 7) is 1.37. The fraction of sp³-hybridized carbons (Fsp3) is 0.273. The molecule has 0 aromatic heterocycles. The highest BCUT2D eigenvalue weighted by Gasteiger charge is 2.13. The normalized spacial score (nSPS) is 10.0. The summed E-state index contributed by atoms with van der Waals surface area (Å²) in [4.78, 5) is 21.8. The molecule has 6 heteroatoms. The lowest BCUT2D eigenvalue weighted by molar-refractivity contribution is -0.137. The van der Waals surface area contributed by atoms with E-state index in [1.54, 1.807) is 12.1 Å². The average Bonchev–Trinajstić information content (AvgIpc) is 2.19. The Morgan fingerprint density at radius 2 is 2.12 bits per heavy atom. The van der Waals surface area contributed by atoms with Crippen LogP contribution in [0.2, 0.25) is 0 Å². The predicted molar refractivity (Wildman–Crippen MR) is 66.3 cm³/mol. The van der Waals surface area contributed by atoms with Gasteiger partial charge in [0.15, 0.2) is 11.5 Å². The fourth-order valence-corrected chi connectivity index (χ4v) is 1.75. The molecule has 0 amide bonds. The van der Waals surface area contributed by atoms with E-state index in [2.05, 4.69) is 15.9 Å². The maximum absolute atomic E-state index is 11.4. The lowest BCUT2D eigenvalue weighted by atomic mass is 10.1. The van der Waals surface area contributed by atoms with Crippen LogP contribution in [-0.2, 0) is 4.79 Å². The zero-order chi connectivity index (χ0) is 13.0. The lowest BCUT2D eigenvalue weighted by Gasteiger charge is -2.12. The summed E-state index contributed by atoms with van der Waals surface area (Å²) in [5, 5.41) is 8.50. The van der Waals surface area contributed by atoms with Gasteiger partial charge in [0.1, 0.15) is 0 Å². The maximum atomic E-state index is 11.4. The highest BCUT2D eigenvalue weighted by atomic mass is 79.9. The second kappa shape index (κ2) is 5.67. The largest absolute Gasteiger partial charge is 0.490 e. The van der Waals surface area contributed by atoms with E-state index in [9.17, 15) is 9.59 Å². The van der Waals surface area contributed by atoms with E-state index in [0.717, 1.165) is 0 Å². The molecular weight excluding hydrogens is 290 g/mol. The van der Waals surface area contributed by atoms with Crippen LogP contribution in [0.5, 0.6) is 5.75 Å². The van der Waals surface area contributed by atoms with E-state index in [1.807, 2.05) is 0 Å². The van der Waals surface area contributed by atoms with Crippen molar-refractivity contribution in [2.45, 2.75) is 13.3 Å². The minimum atomic E-state index is -0.968. The van der Waals surface area contributed by atoms with E-state index in [-0.39, 0.29) is 24.6 Å². The Kier molecular flexibility index (Phi) is 4.51. The second-order valence-electron chi connectivity index (χ2n) is 3.42. The molecule has 3 N–H and O–H groups in total. The smallest absolute Gasteiger partial charge is 0.306 e. The molecule has 0 unspecified atom stereocenters. The molecule has 0 heterocycles. The first-order valence-electron chi connectivity index (χ1n) is 4.86. The van der Waals surface area contributed by atoms with E-state index < -0.39 is 5.97 Å². The van der Waals surface area contributed by atoms with Gasteiger partial charge >= 0.3 is 5.97 Å². The Morgan fingerprint density at radius 1 is 1.47 bits per heavy atom. The van der Waals surface area contributed by atoms with Crippen LogP contribution in [0.1, 0.15) is 23.7 Å². The quantitative estimate of drug-likeness (QED) is 0.642. The first kappa shape index (κ1) is 13.5. The molecule has 0 bridgehead atoms. The monoisotopic (exact) mass is 301 g/mol. The Hall–Kier alpha value is -1.56. The second-order valence-corrected chi connectivity index (χ2v) is 4.34. The molecular formula is C11H12BrNO4. The van der Waals surface area contributed by atoms with Gasteiger partial charge in [-0.15, -0.1) is 0 Å². The van der Waals surface area contributed by atoms with Crippen molar-refractivity contribution in [2.24, 2.45) is 0 Å². The summed E-state index contributed by atoms with van der Waals surface area (Å²) in [6.07, 6.45) is -0.146. The summed E-state index contributed by atoms with van der Waals surface area (Å²) in [5.41, 5.74) is 6.36. The van der Waals surface area contributed by atoms with Crippen LogP contribution in [0, 0.1) is 0 Å². The maximum Gasteiger partial charge on any atom is 0.306 e. The van der Waals surface area contributed by atoms with Gasteiger partial charge in [-0.25, -0.2) is 0 Å². The minimum Gasteiger partial charge on any atom is -0.490 e. The molecule has 0 aliphatic heterocycles. The molecule has 92 valence electrons. The van der Waals surface area contributed by atoms with Crippen LogP contribution in [0.3, 0.4) is 0 Å². The number of ketones is 1. The summed E-state index contributed by atoms with van der Waals surface area (Å²) in [7, 11) is 0. The third-order valence-corrected chi connectivity index (χ3v) is 2.48. The van der Waals surface area contributed by atoms with E-state index in [0.29, 0.717) is 15.7 Å². The zero-order valence-corrected chi connectivity index (χ0v) is 10.8. The number of benzene rings is 1. The Labute approximate surface area is 107 Å². The van der Waals surface area contributed by atoms with Crippen LogP contribution in [0.15, 0.2) is 16.6 Å². The number of aliphatic carboxylic acids is 1. The number of ether oxygens (including phenoxy) is 1. The van der Waals surface area contributed by atoms with E-state index in [4.69, 9.17) is 15.6 Å². The SMILES string of the molecule is CC(=O)c1cc(Br)cc(N)c1OCCC(=O)O. The van der Waals surface area contributed by atoms with Gasteiger partial charge < -0.3 is 15.6 Å². The molecule has 1 rings (SSSR count). The molecule has 1 aromatic carbocycles. The average molecular weight is 302 g/mol. The van der Waals surface area contributed by atoms with Crippen molar-refractivity contribution >= 4 is 33.4 Å². The van der Waals surface area contributed by atoms with Gasteiger partial charge in [0.05, 0.1) is 24.3 Å². The molecule has 17 heavy (non-hydrogen) atoms. The van der Waals surface area contributed by atoms with Crippen molar-refractivity contribution in [1.29, 1.82) is 0 Å². The number of nitrogens with two attached hydrogens (primary N) is 1. The van der Waals surface area contributed by atoms with Crippen molar-refractivity contribution in [3.63, 3.8) is 0 Å². The number of carboxylic acids is 1. The lowest BCUT2D eigenvalue weighted by Crippen LogP contribution is -2.09. The number of Topliss-reactive ketones (excluding diaryl/α,β-unsaturated/α-hetero) is 1. The third-order valence-electron chi connectivity index (χ3n) is 2.02. The number of carbonyl (C=O) groups is 2. The first-order valence-corrected chi connectivity index (χ1v) is 5.65. The number of carbonyl (C=O) groups excluding carboxylic acids is 1. The topological polar surface area (TPSA) is 89.6 Å². The molecule has 0 aliphatic rings. The first-order chi connectivity index (χ1) is 7.91. The number of hydrogen-bond acceptors (Lipinski definition) is 4. The van der Waals surface area contributed by atoms with Crippen molar-refractivity contribution in [3.8, 4) is 5.75 Å². The van der Waals surface area contributed by atoms with Crippen LogP contribution in [0.25, 0.3) is 0 Å². The van der Waals surface area contributed by atoms with Gasteiger partial charge in [0, 0.05) is 4.47 Å². The fourth-order valence-electron chi connectivity index (χ4n) is 1.28. The molecule has 0 radical (unpaired) electrons. The molecule has 0 saturated carbocycles. The van der Waals surface area contributed by atoms with Crippen LogP contribution in [-0.4, -0.2) is 23.5 Å². The van der Waals surface area contributed by atoms with E-state index >= 15 is 0 Å². The molecule has 5 nitrogen and oxygen atoms in total. The van der Waals surface area contributed by atoms with Crippen molar-refractivity contribution in [2.75, 3.05) is 12.3 Å². The number of nitrogen functional groups attached to an aromatic ring is 1. The van der Waals surface area contributed by atoms with Crippen molar-refractivity contribution in [3.05, 3.63) is 22.2 Å². The molecule has 1 aromatic rings. The number of anilines is 1. The van der Waals surface area contributed by atoms with Gasteiger partial charge in [-0.3, -0.25) is 9.59 Å². The Morgan fingerprint density at radius 3 is 2.65 bits per heavy atom. The highest BCUT2D eigenvalue weighted by molar-refractivity contribution is 9.10. The number of halogens is 1. The van der Waals surface area contributed by atoms with Gasteiger partial charge in [0.2, 0.25) is 0 Å². The predicted octanol–water partition coefficient (Wildman–Crippen LogP) is 2.09. The van der Waals surface area contributed by atoms with Gasteiger partial charge in [-0.05, 0) is 19.1 Å². The molecule has 0 atom stereocenters. The summed E-state index contributed by atoms with van der Waals surface area (Å²) < 4.78 is 5.92. The van der Waals surface area contributed by atoms with Gasteiger partial charge in [-0.2, -0.15) is 0 Å². The third kappa shape index (κ3) is 3.74. The van der Waals surface area contributed by atoms with Crippen LogP contribution >= 0.6 is 15.9 Å². The highest BCUT2D eigenvalue weighted by Crippen LogP contribution is 2.31. The summed E-state index contributed by atoms with van der Waals surface area (Å²) in [5.74, 6) is -0.921. The minimum absolute atomic E-state index is 0.0263. The van der Waals surface area contributed by atoms with Crippen LogP contribution < -0.4 is 10.5 Å². The van der Waals surface area contributed by atoms with Gasteiger partial charge in [0.25, 0.3) is 0 Å². The zero-order valence-electron chi connectivity index (χ0n) is 9.20. The Balaban J connectivity index is 2.96. The Bertz CT molecular complexity index is 459. The summed E-state index contributed by atoms with van der Waals surface area (Å²) >= 11 is 3.22. The van der Waals surface area contributed by atoms with Crippen molar-refractivity contribution < 1.29 is 19.4 Å². The number of rotatable bonds is 5. The standard InChI is InChI=1S/C11H12BrNO4/c1-6(14)8-4-7(12)5-9(13)11(8)17-3-2-10(15)16/h4-5H,2-3,13H2,1H3,(H,15,16). The molecule has 0 aliphatic carbocycles. The van der Waals surface area contributed by atoms with Crippen molar-refractivity contribution in [1.82, 2.24) is 0 Å². The summed E-state index contributed by atoms with van der Waals surface area (Å²) in [6, 6.07) is 3.19. The van der Waals surface area contributed by atoms with Crippen LogP contribution in [0.4, 0.5) is 5.69 Å². The molecule has 0 spiro atoms. The molecule has 0 fully saturated rings. The number of hydrogen-bond donors (Lipinski definition) is 2. The molecule has 0 saturated heterocycles. The number of carboxylic acid groups (broad SMARTS) is 1. The van der Waals surface area contributed by atoms with Gasteiger partial charge in [-0.1, -0.05) is 15.9 Å². The van der Waals surface area contributed by atoms with E-state index in [1.165, 1.54) is 6.92 Å².